The monoisotopic (exact) mass is 359 g/mol. The first-order valence-corrected chi connectivity index (χ1v) is 7.03. The fourth-order valence-electron chi connectivity index (χ4n) is 0.967. The van der Waals surface area contributed by atoms with Gasteiger partial charge in [-0.3, -0.25) is 0 Å². The molecule has 0 aromatic rings. The van der Waals surface area contributed by atoms with Crippen LogP contribution in [-0.2, 0) is 14.2 Å². The summed E-state index contributed by atoms with van der Waals surface area (Å²) in [6.45, 7) is 7.05. The molecule has 102 valence electrons. The van der Waals surface area contributed by atoms with Crippen LogP contribution in [0.1, 0.15) is 20.8 Å². The van der Waals surface area contributed by atoms with Crippen molar-refractivity contribution in [3.05, 3.63) is 0 Å². The van der Waals surface area contributed by atoms with E-state index in [1.54, 1.807) is 7.11 Å². The first kappa shape index (κ1) is 16.9. The predicted octanol–water partition coefficient (Wildman–Crippen LogP) is 1.98. The Morgan fingerprint density at radius 1 is 1.35 bits per heavy atom. The maximum Gasteiger partial charge on any atom is 0.407 e. The summed E-state index contributed by atoms with van der Waals surface area (Å²) < 4.78 is 16.2. The summed E-state index contributed by atoms with van der Waals surface area (Å²) in [6, 6.07) is -0.0395. The molecule has 0 aliphatic rings. The SMILES string of the molecule is COCCOC[C@@H](CI)NC(=O)OC(C)(C)C. The molecule has 0 saturated heterocycles. The standard InChI is InChI=1S/C11H22INO4/c1-11(2,3)17-10(14)13-9(7-12)8-16-6-5-15-4/h9H,5-8H2,1-4H3,(H,13,14)/t9-/m1/s1. The van der Waals surface area contributed by atoms with E-state index in [1.807, 2.05) is 20.8 Å². The molecule has 0 unspecified atom stereocenters. The number of hydrogen-bond acceptors (Lipinski definition) is 4. The zero-order valence-corrected chi connectivity index (χ0v) is 13.1. The number of methoxy groups -OCH3 is 1. The van der Waals surface area contributed by atoms with Gasteiger partial charge in [0.25, 0.3) is 0 Å². The Morgan fingerprint density at radius 2 is 2.00 bits per heavy atom. The molecule has 0 rings (SSSR count). The fraction of sp³-hybridized carbons (Fsp3) is 0.909. The molecule has 6 heteroatoms. The molecule has 0 radical (unpaired) electrons. The van der Waals surface area contributed by atoms with Gasteiger partial charge in [0, 0.05) is 11.5 Å². The molecule has 0 aliphatic heterocycles. The van der Waals surface area contributed by atoms with Crippen LogP contribution in [0.4, 0.5) is 4.79 Å². The molecule has 0 spiro atoms. The molecule has 5 nitrogen and oxygen atoms in total. The molecule has 1 N–H and O–H groups in total. The number of alkyl halides is 1. The summed E-state index contributed by atoms with van der Waals surface area (Å²) in [5.74, 6) is 0. The number of nitrogens with one attached hydrogen (secondary N) is 1. The second-order valence-corrected chi connectivity index (χ2v) is 5.45. The first-order valence-electron chi connectivity index (χ1n) is 5.51. The normalized spacial score (nSPS) is 13.2. The van der Waals surface area contributed by atoms with Crippen LogP contribution in [0.25, 0.3) is 0 Å². The minimum Gasteiger partial charge on any atom is -0.444 e. The van der Waals surface area contributed by atoms with Gasteiger partial charge >= 0.3 is 6.09 Å². The Hall–Kier alpha value is -0.0800. The smallest absolute Gasteiger partial charge is 0.407 e. The zero-order valence-electron chi connectivity index (χ0n) is 10.9. The van der Waals surface area contributed by atoms with Crippen molar-refractivity contribution >= 4 is 28.7 Å². The molecule has 1 atom stereocenters. The van der Waals surface area contributed by atoms with Gasteiger partial charge in [0.2, 0.25) is 0 Å². The molecule has 0 bridgehead atoms. The van der Waals surface area contributed by atoms with E-state index in [0.717, 1.165) is 4.43 Å². The van der Waals surface area contributed by atoms with E-state index in [9.17, 15) is 4.79 Å². The van der Waals surface area contributed by atoms with Gasteiger partial charge in [-0.05, 0) is 20.8 Å². The van der Waals surface area contributed by atoms with Gasteiger partial charge in [0.1, 0.15) is 5.60 Å². The Morgan fingerprint density at radius 3 is 2.47 bits per heavy atom. The Labute approximate surface area is 117 Å². The summed E-state index contributed by atoms with van der Waals surface area (Å²) >= 11 is 2.20. The number of ether oxygens (including phenoxy) is 3. The summed E-state index contributed by atoms with van der Waals surface area (Å²) in [6.07, 6.45) is -0.408. The summed E-state index contributed by atoms with van der Waals surface area (Å²) in [5, 5.41) is 2.77. The van der Waals surface area contributed by atoms with Crippen molar-refractivity contribution in [3.63, 3.8) is 0 Å². The van der Waals surface area contributed by atoms with Crippen molar-refractivity contribution in [2.45, 2.75) is 32.4 Å². The Bertz CT molecular complexity index is 218. The second-order valence-electron chi connectivity index (χ2n) is 4.57. The molecule has 0 aromatic carbocycles. The molecule has 1 amide bonds. The van der Waals surface area contributed by atoms with Crippen LogP contribution >= 0.6 is 22.6 Å². The largest absolute Gasteiger partial charge is 0.444 e. The van der Waals surface area contributed by atoms with Crippen LogP contribution in [0.15, 0.2) is 0 Å². The van der Waals surface area contributed by atoms with E-state index in [0.29, 0.717) is 19.8 Å². The maximum absolute atomic E-state index is 11.5. The lowest BCUT2D eigenvalue weighted by atomic mass is 10.2. The topological polar surface area (TPSA) is 56.8 Å². The minimum atomic E-state index is -0.475. The van der Waals surface area contributed by atoms with Crippen LogP contribution in [0.5, 0.6) is 0 Å². The highest BCUT2D eigenvalue weighted by atomic mass is 127. The highest BCUT2D eigenvalue weighted by Gasteiger charge is 2.18. The number of carbonyl (C=O) groups excluding carboxylic acids is 1. The average Bonchev–Trinajstić information content (AvgIpc) is 2.20. The van der Waals surface area contributed by atoms with Gasteiger partial charge in [0.05, 0.1) is 25.9 Å². The van der Waals surface area contributed by atoms with Crippen LogP contribution in [0.2, 0.25) is 0 Å². The van der Waals surface area contributed by atoms with E-state index in [-0.39, 0.29) is 6.04 Å². The molecule has 0 aromatic heterocycles. The van der Waals surface area contributed by atoms with Gasteiger partial charge in [0.15, 0.2) is 0 Å². The number of amides is 1. The zero-order chi connectivity index (χ0) is 13.3. The summed E-state index contributed by atoms with van der Waals surface area (Å²) in [7, 11) is 1.62. The fourth-order valence-corrected chi connectivity index (χ4v) is 1.44. The third-order valence-corrected chi connectivity index (χ3v) is 2.72. The van der Waals surface area contributed by atoms with Gasteiger partial charge in [-0.2, -0.15) is 0 Å². The van der Waals surface area contributed by atoms with Crippen LogP contribution in [0, 0.1) is 0 Å². The van der Waals surface area contributed by atoms with Gasteiger partial charge in [-0.1, -0.05) is 22.6 Å². The Balaban J connectivity index is 3.83. The first-order chi connectivity index (χ1) is 7.89. The lowest BCUT2D eigenvalue weighted by Crippen LogP contribution is -2.42. The molecule has 0 saturated carbocycles. The molecule has 0 aliphatic carbocycles. The number of alkyl carbamates (subject to hydrolysis) is 1. The predicted molar refractivity (Wildman–Crippen MR) is 74.7 cm³/mol. The van der Waals surface area contributed by atoms with Crippen LogP contribution in [-0.4, -0.2) is 49.1 Å². The van der Waals surface area contributed by atoms with Crippen molar-refractivity contribution < 1.29 is 19.0 Å². The number of carbonyl (C=O) groups is 1. The summed E-state index contributed by atoms with van der Waals surface area (Å²) in [5.41, 5.74) is -0.475. The van der Waals surface area contributed by atoms with Gasteiger partial charge in [-0.15, -0.1) is 0 Å². The lowest BCUT2D eigenvalue weighted by molar-refractivity contribution is 0.0396. The van der Waals surface area contributed by atoms with E-state index in [2.05, 4.69) is 27.9 Å². The van der Waals surface area contributed by atoms with Gasteiger partial charge in [-0.25, -0.2) is 4.79 Å². The van der Waals surface area contributed by atoms with Crippen molar-refractivity contribution in [1.82, 2.24) is 5.32 Å². The number of halogens is 1. The van der Waals surface area contributed by atoms with E-state index in [1.165, 1.54) is 0 Å². The molecule has 0 fully saturated rings. The lowest BCUT2D eigenvalue weighted by Gasteiger charge is -2.22. The van der Waals surface area contributed by atoms with Crippen molar-refractivity contribution in [2.24, 2.45) is 0 Å². The van der Waals surface area contributed by atoms with E-state index >= 15 is 0 Å². The van der Waals surface area contributed by atoms with Crippen LogP contribution < -0.4 is 5.32 Å². The van der Waals surface area contributed by atoms with Gasteiger partial charge < -0.3 is 19.5 Å². The maximum atomic E-state index is 11.5. The number of hydrogen-bond donors (Lipinski definition) is 1. The molecular weight excluding hydrogens is 337 g/mol. The van der Waals surface area contributed by atoms with Crippen molar-refractivity contribution in [1.29, 1.82) is 0 Å². The second kappa shape index (κ2) is 8.93. The quantitative estimate of drug-likeness (QED) is 0.429. The molecule has 17 heavy (non-hydrogen) atoms. The number of rotatable bonds is 7. The molecule has 0 heterocycles. The van der Waals surface area contributed by atoms with Crippen LogP contribution in [0.3, 0.4) is 0 Å². The highest BCUT2D eigenvalue weighted by Crippen LogP contribution is 2.07. The minimum absolute atomic E-state index is 0.0395. The Kier molecular flexibility index (Phi) is 8.89. The van der Waals surface area contributed by atoms with Crippen molar-refractivity contribution in [2.75, 3.05) is 31.4 Å². The third kappa shape index (κ3) is 10.8. The molecular formula is C11H22INO4. The van der Waals surface area contributed by atoms with E-state index < -0.39 is 11.7 Å². The van der Waals surface area contributed by atoms with Crippen molar-refractivity contribution in [3.8, 4) is 0 Å². The summed E-state index contributed by atoms with van der Waals surface area (Å²) in [4.78, 5) is 11.5. The van der Waals surface area contributed by atoms with E-state index in [4.69, 9.17) is 14.2 Å². The third-order valence-electron chi connectivity index (χ3n) is 1.66. The highest BCUT2D eigenvalue weighted by molar-refractivity contribution is 14.1. The average molecular weight is 359 g/mol.